The molecule has 0 spiro atoms. The Morgan fingerprint density at radius 3 is 2.75 bits per heavy atom. The Kier molecular flexibility index (Phi) is 3.49. The van der Waals surface area contributed by atoms with Gasteiger partial charge in [0.1, 0.15) is 5.75 Å². The van der Waals surface area contributed by atoms with Gasteiger partial charge in [0.05, 0.1) is 17.3 Å². The van der Waals surface area contributed by atoms with Crippen LogP contribution < -0.4 is 0 Å². The number of aryl methyl sites for hydroxylation is 1. The first kappa shape index (κ1) is 14.8. The first-order valence-corrected chi connectivity index (χ1v) is 8.20. The molecule has 5 heteroatoms. The first-order valence-electron chi connectivity index (χ1n) is 8.20. The number of nitrogens with zero attached hydrogens (tertiary/aromatic N) is 2. The van der Waals surface area contributed by atoms with Crippen LogP contribution in [0.3, 0.4) is 0 Å². The maximum atomic E-state index is 12.9. The van der Waals surface area contributed by atoms with Crippen molar-refractivity contribution in [3.63, 3.8) is 0 Å². The van der Waals surface area contributed by atoms with E-state index in [0.29, 0.717) is 5.56 Å². The molecular formula is C19H19N3O2. The van der Waals surface area contributed by atoms with Crippen molar-refractivity contribution in [2.24, 2.45) is 0 Å². The molecule has 1 saturated heterocycles. The molecule has 122 valence electrons. The summed E-state index contributed by atoms with van der Waals surface area (Å²) in [6.07, 6.45) is 3.85. The van der Waals surface area contributed by atoms with E-state index in [4.69, 9.17) is 0 Å². The summed E-state index contributed by atoms with van der Waals surface area (Å²) in [5.74, 6) is 0.310. The smallest absolute Gasteiger partial charge is 0.254 e. The average Bonchev–Trinajstić information content (AvgIpc) is 3.24. The van der Waals surface area contributed by atoms with Gasteiger partial charge in [-0.25, -0.2) is 0 Å². The SMILES string of the molecule is Cc1cc(O)ccc1-c1cc(C(=O)N2CCCC2)c2cn[nH]c2c1. The lowest BCUT2D eigenvalue weighted by atomic mass is 9.96. The van der Waals surface area contributed by atoms with Crippen LogP contribution in [0.1, 0.15) is 28.8 Å². The van der Waals surface area contributed by atoms with Crippen molar-refractivity contribution >= 4 is 16.8 Å². The van der Waals surface area contributed by atoms with Crippen molar-refractivity contribution in [2.45, 2.75) is 19.8 Å². The minimum Gasteiger partial charge on any atom is -0.508 e. The molecule has 0 unspecified atom stereocenters. The Hall–Kier alpha value is -2.82. The number of phenols is 1. The molecule has 0 bridgehead atoms. The minimum absolute atomic E-state index is 0.0668. The number of benzene rings is 2. The van der Waals surface area contributed by atoms with Gasteiger partial charge in [0.15, 0.2) is 0 Å². The summed E-state index contributed by atoms with van der Waals surface area (Å²) in [5.41, 5.74) is 4.45. The Morgan fingerprint density at radius 1 is 1.21 bits per heavy atom. The standard InChI is InChI=1S/C19H19N3O2/c1-12-8-14(23)4-5-15(12)13-9-16(17-11-20-21-18(17)10-13)19(24)22-6-2-3-7-22/h4-5,8-11,23H,2-3,6-7H2,1H3,(H,20,21). The van der Waals surface area contributed by atoms with Crippen LogP contribution in [-0.4, -0.2) is 39.2 Å². The van der Waals surface area contributed by atoms with E-state index in [-0.39, 0.29) is 11.7 Å². The van der Waals surface area contributed by atoms with Gasteiger partial charge in [0.25, 0.3) is 5.91 Å². The molecule has 5 nitrogen and oxygen atoms in total. The summed E-state index contributed by atoms with van der Waals surface area (Å²) < 4.78 is 0. The minimum atomic E-state index is 0.0668. The molecular weight excluding hydrogens is 302 g/mol. The summed E-state index contributed by atoms with van der Waals surface area (Å²) in [5, 5.41) is 17.6. The maximum absolute atomic E-state index is 12.9. The number of aromatic nitrogens is 2. The summed E-state index contributed by atoms with van der Waals surface area (Å²) in [6.45, 7) is 3.59. The molecule has 0 atom stereocenters. The van der Waals surface area contributed by atoms with Crippen LogP contribution in [0.15, 0.2) is 36.5 Å². The van der Waals surface area contributed by atoms with Crippen LogP contribution in [0.25, 0.3) is 22.0 Å². The third-order valence-corrected chi connectivity index (χ3v) is 4.70. The number of aromatic hydroxyl groups is 1. The zero-order valence-electron chi connectivity index (χ0n) is 13.5. The number of carbonyl (C=O) groups excluding carboxylic acids is 1. The van der Waals surface area contributed by atoms with Gasteiger partial charge >= 0.3 is 0 Å². The molecule has 1 amide bonds. The number of carbonyl (C=O) groups is 1. The van der Waals surface area contributed by atoms with Crippen LogP contribution in [0.2, 0.25) is 0 Å². The highest BCUT2D eigenvalue weighted by atomic mass is 16.3. The molecule has 2 heterocycles. The number of fused-ring (bicyclic) bond motifs is 1. The lowest BCUT2D eigenvalue weighted by Gasteiger charge is -2.17. The Labute approximate surface area is 139 Å². The van der Waals surface area contributed by atoms with Crippen molar-refractivity contribution in [2.75, 3.05) is 13.1 Å². The van der Waals surface area contributed by atoms with E-state index < -0.39 is 0 Å². The van der Waals surface area contributed by atoms with Crippen molar-refractivity contribution in [1.29, 1.82) is 0 Å². The molecule has 1 aliphatic heterocycles. The number of H-pyrrole nitrogens is 1. The highest BCUT2D eigenvalue weighted by Gasteiger charge is 2.22. The van der Waals surface area contributed by atoms with E-state index in [9.17, 15) is 9.90 Å². The third-order valence-electron chi connectivity index (χ3n) is 4.70. The van der Waals surface area contributed by atoms with Gasteiger partial charge in [-0.15, -0.1) is 0 Å². The van der Waals surface area contributed by atoms with Crippen molar-refractivity contribution < 1.29 is 9.90 Å². The molecule has 0 saturated carbocycles. The zero-order chi connectivity index (χ0) is 16.7. The largest absolute Gasteiger partial charge is 0.508 e. The molecule has 4 rings (SSSR count). The van der Waals surface area contributed by atoms with Crippen LogP contribution >= 0.6 is 0 Å². The molecule has 2 aromatic carbocycles. The number of nitrogens with one attached hydrogen (secondary N) is 1. The number of rotatable bonds is 2. The Bertz CT molecular complexity index is 924. The van der Waals surface area contributed by atoms with Crippen molar-refractivity contribution in [1.82, 2.24) is 15.1 Å². The molecule has 0 aliphatic carbocycles. The maximum Gasteiger partial charge on any atom is 0.254 e. The lowest BCUT2D eigenvalue weighted by Crippen LogP contribution is -2.27. The molecule has 24 heavy (non-hydrogen) atoms. The van der Waals surface area contributed by atoms with Crippen LogP contribution in [-0.2, 0) is 0 Å². The van der Waals surface area contributed by atoms with Gasteiger partial charge in [-0.2, -0.15) is 5.10 Å². The van der Waals surface area contributed by atoms with E-state index in [2.05, 4.69) is 10.2 Å². The second-order valence-corrected chi connectivity index (χ2v) is 6.35. The fraction of sp³-hybridized carbons (Fsp3) is 0.263. The Morgan fingerprint density at radius 2 is 2.00 bits per heavy atom. The van der Waals surface area contributed by atoms with E-state index in [1.165, 1.54) is 0 Å². The lowest BCUT2D eigenvalue weighted by molar-refractivity contribution is 0.0795. The predicted octanol–water partition coefficient (Wildman–Crippen LogP) is 3.48. The van der Waals surface area contributed by atoms with Gasteiger partial charge < -0.3 is 10.0 Å². The summed E-state index contributed by atoms with van der Waals surface area (Å²) in [6, 6.07) is 9.22. The van der Waals surface area contributed by atoms with Gasteiger partial charge in [-0.1, -0.05) is 6.07 Å². The van der Waals surface area contributed by atoms with Gasteiger partial charge in [0.2, 0.25) is 0 Å². The summed E-state index contributed by atoms with van der Waals surface area (Å²) >= 11 is 0. The summed E-state index contributed by atoms with van der Waals surface area (Å²) in [7, 11) is 0. The molecule has 1 aromatic heterocycles. The van der Waals surface area contributed by atoms with Crippen molar-refractivity contribution in [3.05, 3.63) is 47.7 Å². The number of aromatic amines is 1. The Balaban J connectivity index is 1.87. The number of likely N-dealkylation sites (tertiary alicyclic amines) is 1. The highest BCUT2D eigenvalue weighted by Crippen LogP contribution is 2.31. The number of hydrogen-bond acceptors (Lipinski definition) is 3. The van der Waals surface area contributed by atoms with Crippen LogP contribution in [0.5, 0.6) is 5.75 Å². The number of hydrogen-bond donors (Lipinski definition) is 2. The fourth-order valence-electron chi connectivity index (χ4n) is 3.45. The highest BCUT2D eigenvalue weighted by molar-refractivity contribution is 6.08. The van der Waals surface area contributed by atoms with E-state index in [1.807, 2.05) is 30.0 Å². The number of amides is 1. The third kappa shape index (κ3) is 2.42. The van der Waals surface area contributed by atoms with Crippen molar-refractivity contribution in [3.8, 4) is 16.9 Å². The molecule has 1 fully saturated rings. The normalized spacial score (nSPS) is 14.5. The zero-order valence-corrected chi connectivity index (χ0v) is 13.5. The van der Waals surface area contributed by atoms with E-state index in [1.54, 1.807) is 18.3 Å². The molecule has 1 aliphatic rings. The van der Waals surface area contributed by atoms with E-state index >= 15 is 0 Å². The van der Waals surface area contributed by atoms with E-state index in [0.717, 1.165) is 53.5 Å². The van der Waals surface area contributed by atoms with Gasteiger partial charge in [-0.05, 0) is 60.7 Å². The quantitative estimate of drug-likeness (QED) is 0.759. The van der Waals surface area contributed by atoms with Gasteiger partial charge in [-0.3, -0.25) is 9.89 Å². The predicted molar refractivity (Wildman–Crippen MR) is 93.1 cm³/mol. The molecule has 2 N–H and O–H groups in total. The fourth-order valence-corrected chi connectivity index (χ4v) is 3.45. The topological polar surface area (TPSA) is 69.2 Å². The molecule has 0 radical (unpaired) electrons. The van der Waals surface area contributed by atoms with Gasteiger partial charge in [0, 0.05) is 18.5 Å². The monoisotopic (exact) mass is 321 g/mol. The average molecular weight is 321 g/mol. The van der Waals surface area contributed by atoms with Crippen LogP contribution in [0.4, 0.5) is 0 Å². The van der Waals surface area contributed by atoms with Crippen LogP contribution in [0, 0.1) is 6.92 Å². The number of phenolic OH excluding ortho intramolecular Hbond substituents is 1. The summed E-state index contributed by atoms with van der Waals surface area (Å²) in [4.78, 5) is 14.8. The second-order valence-electron chi connectivity index (χ2n) is 6.35. The second kappa shape index (κ2) is 5.67. The first-order chi connectivity index (χ1) is 11.6. The molecule has 3 aromatic rings.